The monoisotopic (exact) mass is 1810 g/mol. The van der Waals surface area contributed by atoms with Crippen molar-refractivity contribution in [2.45, 2.75) is 354 Å². The van der Waals surface area contributed by atoms with Gasteiger partial charge < -0.3 is 83.6 Å². The molecule has 12 rings (SSSR count). The molecular weight excluding hydrogens is 1630 g/mol. The number of rotatable bonds is 28. The van der Waals surface area contributed by atoms with E-state index in [2.05, 4.69) is 130 Å². The number of nitrogens with two attached hydrogens (primary N) is 5. The Bertz CT molecular complexity index is 3970. The number of nitrogens with zero attached hydrogens (tertiary/aromatic N) is 2. The molecule has 0 spiro atoms. The molecule has 129 heavy (non-hydrogen) atoms. The highest BCUT2D eigenvalue weighted by Crippen LogP contribution is 2.79. The Balaban J connectivity index is 0.000000263. The predicted molar refractivity (Wildman–Crippen MR) is 507 cm³/mol. The molecule has 12 saturated carbocycles. The van der Waals surface area contributed by atoms with E-state index in [4.69, 9.17) is 47.6 Å². The average molecular weight is 1810 g/mol. The first-order chi connectivity index (χ1) is 60.5. The predicted octanol–water partition coefficient (Wildman–Crippen LogP) is 13.3. The number of carbonyl (C=O) groups is 6. The highest BCUT2D eigenvalue weighted by Gasteiger charge is 2.75. The summed E-state index contributed by atoms with van der Waals surface area (Å²) in [6, 6.07) is 0. The molecule has 0 bridgehead atoms. The molecule has 0 heterocycles. The van der Waals surface area contributed by atoms with Crippen LogP contribution in [0.4, 0.5) is 0 Å². The van der Waals surface area contributed by atoms with Crippen LogP contribution in [0.3, 0.4) is 0 Å². The minimum atomic E-state index is -0.795. The quantitative estimate of drug-likeness (QED) is 0.0114. The van der Waals surface area contributed by atoms with Crippen molar-refractivity contribution in [2.75, 3.05) is 78.5 Å². The maximum atomic E-state index is 15.5. The van der Waals surface area contributed by atoms with Crippen LogP contribution in [0.5, 0.6) is 0 Å². The minimum absolute atomic E-state index is 0.0614. The fourth-order valence-electron chi connectivity index (χ4n) is 31.6. The number of fused-ring (bicyclic) bond motifs is 15. The Morgan fingerprint density at radius 3 is 0.899 bits per heavy atom. The van der Waals surface area contributed by atoms with Crippen LogP contribution in [-0.2, 0) is 47.7 Å². The van der Waals surface area contributed by atoms with Crippen molar-refractivity contribution in [1.29, 1.82) is 0 Å². The summed E-state index contributed by atoms with van der Waals surface area (Å²) in [6.07, 6.45) is 16.7. The van der Waals surface area contributed by atoms with Crippen LogP contribution < -0.4 is 34.0 Å². The molecule has 12 aliphatic carbocycles. The molecule has 6 unspecified atom stereocenters. The van der Waals surface area contributed by atoms with Gasteiger partial charge in [0.15, 0.2) is 0 Å². The number of aliphatic hydroxyl groups is 6. The van der Waals surface area contributed by atoms with Crippen LogP contribution >= 0.6 is 0 Å². The van der Waals surface area contributed by atoms with E-state index < -0.39 is 82.2 Å². The number of hydrogen-bond acceptors (Lipinski definition) is 23. The third-order valence-corrected chi connectivity index (χ3v) is 37.8. The molecule has 1 amide bonds. The number of nitrogens with one attached hydrogen (secondary N) is 1. The van der Waals surface area contributed by atoms with E-state index in [1.807, 2.05) is 27.7 Å². The highest BCUT2D eigenvalue weighted by atomic mass is 16.6. The zero-order chi connectivity index (χ0) is 95.6. The Labute approximate surface area is 774 Å². The molecule has 17 N–H and O–H groups in total. The summed E-state index contributed by atoms with van der Waals surface area (Å²) in [5.41, 5.74) is 31.7. The summed E-state index contributed by atoms with van der Waals surface area (Å²) < 4.78 is 25.0. The molecule has 12 aliphatic rings. The third kappa shape index (κ3) is 20.5. The van der Waals surface area contributed by atoms with Gasteiger partial charge in [-0.15, -0.1) is 0 Å². The van der Waals surface area contributed by atoms with Gasteiger partial charge in [0.1, 0.15) is 18.3 Å². The molecule has 0 aromatic carbocycles. The van der Waals surface area contributed by atoms with Gasteiger partial charge in [0.2, 0.25) is 5.91 Å². The number of carbonyl (C=O) groups excluding carboxylic acids is 6. The first-order valence-corrected chi connectivity index (χ1v) is 50.2. The van der Waals surface area contributed by atoms with Crippen molar-refractivity contribution in [1.82, 2.24) is 15.1 Å². The fraction of sp³-hybridized carbons (Fsp3) is 0.829. The van der Waals surface area contributed by atoms with Crippen LogP contribution in [0.1, 0.15) is 299 Å². The summed E-state index contributed by atoms with van der Waals surface area (Å²) in [6.45, 7) is 52.0. The van der Waals surface area contributed by atoms with Gasteiger partial charge >= 0.3 is 29.8 Å². The highest BCUT2D eigenvalue weighted by molar-refractivity contribution is 6.03. The molecule has 0 aliphatic heterocycles. The third-order valence-electron chi connectivity index (χ3n) is 37.8. The molecule has 12 fully saturated rings. The van der Waals surface area contributed by atoms with E-state index in [-0.39, 0.29) is 135 Å². The normalized spacial score (nSPS) is 41.5. The van der Waals surface area contributed by atoms with Crippen LogP contribution in [0.15, 0.2) is 68.4 Å². The fourth-order valence-corrected chi connectivity index (χ4v) is 31.6. The summed E-state index contributed by atoms with van der Waals surface area (Å²) in [7, 11) is 0. The van der Waals surface area contributed by atoms with E-state index in [9.17, 15) is 49.8 Å². The zero-order valence-electron chi connectivity index (χ0n) is 83.4. The maximum absolute atomic E-state index is 15.5. The van der Waals surface area contributed by atoms with Gasteiger partial charge in [-0.2, -0.15) is 0 Å². The Morgan fingerprint density at radius 2 is 0.636 bits per heavy atom. The number of allylic oxidation sites excluding steroid dienone is 6. The van der Waals surface area contributed by atoms with Gasteiger partial charge in [-0.3, -0.25) is 29.0 Å². The van der Waals surface area contributed by atoms with Crippen molar-refractivity contribution >= 4 is 35.8 Å². The van der Waals surface area contributed by atoms with Crippen LogP contribution in [-0.4, -0.2) is 210 Å². The number of hydrogen-bond donors (Lipinski definition) is 12. The number of ether oxygens (including phenoxy) is 4. The van der Waals surface area contributed by atoms with E-state index in [1.54, 1.807) is 0 Å². The van der Waals surface area contributed by atoms with Crippen molar-refractivity contribution in [3.63, 3.8) is 0 Å². The minimum Gasteiger partial charge on any atom is -0.458 e. The molecular formula is C105H176N8O16. The Kier molecular flexibility index (Phi) is 35.1. The largest absolute Gasteiger partial charge is 0.458 e. The van der Waals surface area contributed by atoms with Crippen molar-refractivity contribution in [2.24, 2.45) is 148 Å². The summed E-state index contributed by atoms with van der Waals surface area (Å²) in [4.78, 5) is 88.4. The Hall–Kier alpha value is -5.06. The molecule has 24 nitrogen and oxygen atoms in total. The standard InChI is InChI=1S/C62H94O11.C37H64N4O5.C6H18N4/c1-33(2)17-15-19-39(51-43-29-47(67)53-57(9)25-23-45(65)35(5)41(57)21-27-59(53,11)61(43,13)31-49(51)71-37(7)63)55(69)73-56(70)40(20-16-18-34(3)4)52-44-30-48(68)54-58(10)26-24-46(66)36(6)42(58)22-28-60(54,12)62(44,14)32-50(52)72-38(8)64;1-23(2)9-8-10-26(34(45)40-17-20-41(18-15-38)19-16-39)32-28-21-30(44)33-35(5)13-12-29(43)24(3)27(35)11-14-36(33,6)37(28,7)22-31(32)46-25(4)42;7-1-4-10(5-2-8)6-3-9/h17-18,35-36,41-50,53-54,65-68H,15-16,19-32H2,1-14H3;9,24,27-31,33,43-44H,8,10-22,38-39H2,1-7H3,(H,40,45);1-9H2/b51-39-,52-40-;32-26-;/t35-,36-,41?,42?,43?,44?,45+,46+,47+,48+,49-,50-,53-,54-,57-,58-,59-,60-,61-,62-;24-,27?,28?,29+,30+,31-,33-,35-,36-,37-;/m00./s1. The molecule has 0 saturated heterocycles. The van der Waals surface area contributed by atoms with Gasteiger partial charge in [-0.1, -0.05) is 118 Å². The van der Waals surface area contributed by atoms with Gasteiger partial charge in [0.25, 0.3) is 0 Å². The lowest BCUT2D eigenvalue weighted by Gasteiger charge is -2.69. The Morgan fingerprint density at radius 1 is 0.372 bits per heavy atom. The summed E-state index contributed by atoms with van der Waals surface area (Å²) >= 11 is 0. The summed E-state index contributed by atoms with van der Waals surface area (Å²) in [5, 5.41) is 73.6. The maximum Gasteiger partial charge on any atom is 0.342 e. The van der Waals surface area contributed by atoms with Crippen molar-refractivity contribution < 1.29 is 78.4 Å². The molecule has 30 atom stereocenters. The van der Waals surface area contributed by atoms with Crippen molar-refractivity contribution in [3.05, 3.63) is 68.4 Å². The molecule has 24 heteroatoms. The van der Waals surface area contributed by atoms with Gasteiger partial charge in [-0.05, 0) is 332 Å². The first-order valence-electron chi connectivity index (χ1n) is 50.2. The SMILES string of the molecule is CC(=O)O[C@H]1C[C@@]2(C)C(C[C@@H](O)[C@H]3[C@@]4(C)CC[C@@H](O)[C@@H](C)C4CC[C@@]32C)/C1=C(\CCC=C(C)C)C(=O)NCCN(CCN)CCN.CC(=O)O[C@H]1C[C@@]2(C)C(C[C@@H](O)[C@H]3[C@@]4(C)CC[C@@H](O)[C@@H](C)C4CC[C@@]32C)/C1=C(\CCC=C(C)C)C(=O)OC(=O)/C(CCC=C(C)C)=C1/C2C[C@@H](O)[C@H]3[C@@]4(C)CC[C@@H](O)[C@@H](C)C4CC[C@]3(C)[C@@]2(C)C[C@@H]1OC(C)=O.NCCN(CCN)CCN. The topological polar surface area (TPSA) is 409 Å². The summed E-state index contributed by atoms with van der Waals surface area (Å²) in [5.74, 6) is -2.63. The van der Waals surface area contributed by atoms with Crippen LogP contribution in [0, 0.1) is 120 Å². The second-order valence-electron chi connectivity index (χ2n) is 45.6. The van der Waals surface area contributed by atoms with Crippen molar-refractivity contribution in [3.8, 4) is 0 Å². The second-order valence-corrected chi connectivity index (χ2v) is 45.6. The lowest BCUT2D eigenvalue weighted by atomic mass is 9.36. The zero-order valence-corrected chi connectivity index (χ0v) is 83.4. The molecule has 732 valence electrons. The second kappa shape index (κ2) is 42.7. The van der Waals surface area contributed by atoms with E-state index in [1.165, 1.54) is 26.3 Å². The van der Waals surface area contributed by atoms with Gasteiger partial charge in [0, 0.05) is 116 Å². The van der Waals surface area contributed by atoms with Crippen LogP contribution in [0.2, 0.25) is 0 Å². The van der Waals surface area contributed by atoms with E-state index in [0.29, 0.717) is 170 Å². The lowest BCUT2D eigenvalue weighted by Crippen LogP contribution is -2.65. The van der Waals surface area contributed by atoms with E-state index >= 15 is 9.59 Å². The number of esters is 5. The van der Waals surface area contributed by atoms with Gasteiger partial charge in [0.05, 0.1) is 36.6 Å². The average Bonchev–Trinajstić information content (AvgIpc) is 1.62. The van der Waals surface area contributed by atoms with Crippen LogP contribution in [0.25, 0.3) is 0 Å². The van der Waals surface area contributed by atoms with Gasteiger partial charge in [-0.25, -0.2) is 9.59 Å². The molecule has 0 aromatic rings. The lowest BCUT2D eigenvalue weighted by molar-refractivity contribution is -0.234. The number of aliphatic hydroxyl groups excluding tert-OH is 6. The van der Waals surface area contributed by atoms with E-state index in [0.717, 1.165) is 101 Å². The molecule has 0 aromatic heterocycles. The number of amides is 1. The first kappa shape index (κ1) is 106. The smallest absolute Gasteiger partial charge is 0.342 e. The molecule has 0 radical (unpaired) electrons.